The van der Waals surface area contributed by atoms with E-state index in [4.69, 9.17) is 0 Å². The van der Waals surface area contributed by atoms with Crippen LogP contribution in [0.1, 0.15) is 37.8 Å². The van der Waals surface area contributed by atoms with Crippen LogP contribution in [0.4, 0.5) is 4.79 Å². The maximum Gasteiger partial charge on any atom is 0.344 e. The van der Waals surface area contributed by atoms with E-state index >= 15 is 0 Å². The second-order valence-electron chi connectivity index (χ2n) is 6.94. The SMILES string of the molecule is O=C(Cc1csc(-c2ccccc2)n1)NN1C(=O)NC2(CCCCC2)C1=O. The van der Waals surface area contributed by atoms with Crippen LogP contribution in [0.25, 0.3) is 10.6 Å². The number of imide groups is 1. The predicted molar refractivity (Wildman–Crippen MR) is 101 cm³/mol. The number of aromatic nitrogens is 1. The van der Waals surface area contributed by atoms with E-state index in [0.29, 0.717) is 18.5 Å². The molecule has 4 rings (SSSR count). The van der Waals surface area contributed by atoms with Crippen molar-refractivity contribution in [3.63, 3.8) is 0 Å². The highest BCUT2D eigenvalue weighted by molar-refractivity contribution is 7.13. The van der Waals surface area contributed by atoms with Crippen LogP contribution in [-0.2, 0) is 16.0 Å². The van der Waals surface area contributed by atoms with Crippen LogP contribution in [0, 0.1) is 0 Å². The van der Waals surface area contributed by atoms with Gasteiger partial charge in [0.1, 0.15) is 10.5 Å². The van der Waals surface area contributed by atoms with E-state index in [0.717, 1.165) is 34.8 Å². The Labute approximate surface area is 160 Å². The molecule has 1 aromatic carbocycles. The molecule has 0 bridgehead atoms. The van der Waals surface area contributed by atoms with Crippen molar-refractivity contribution in [3.8, 4) is 10.6 Å². The largest absolute Gasteiger partial charge is 0.344 e. The van der Waals surface area contributed by atoms with E-state index in [1.807, 2.05) is 35.7 Å². The number of nitrogens with zero attached hydrogens (tertiary/aromatic N) is 2. The summed E-state index contributed by atoms with van der Waals surface area (Å²) in [4.78, 5) is 41.7. The van der Waals surface area contributed by atoms with E-state index < -0.39 is 17.5 Å². The van der Waals surface area contributed by atoms with E-state index in [9.17, 15) is 14.4 Å². The van der Waals surface area contributed by atoms with Gasteiger partial charge in [-0.05, 0) is 12.8 Å². The van der Waals surface area contributed by atoms with Gasteiger partial charge in [-0.1, -0.05) is 49.6 Å². The number of carbonyl (C=O) groups is 3. The quantitative estimate of drug-likeness (QED) is 0.793. The Morgan fingerprint density at radius 2 is 1.93 bits per heavy atom. The molecule has 1 saturated carbocycles. The van der Waals surface area contributed by atoms with Crippen molar-refractivity contribution >= 4 is 29.2 Å². The highest BCUT2D eigenvalue weighted by Gasteiger charge is 2.52. The van der Waals surface area contributed by atoms with Crippen molar-refractivity contribution in [2.75, 3.05) is 0 Å². The molecule has 1 aliphatic carbocycles. The molecule has 2 aliphatic rings. The van der Waals surface area contributed by atoms with Crippen LogP contribution in [0.3, 0.4) is 0 Å². The summed E-state index contributed by atoms with van der Waals surface area (Å²) >= 11 is 1.46. The van der Waals surface area contributed by atoms with Crippen molar-refractivity contribution in [2.24, 2.45) is 0 Å². The Kier molecular flexibility index (Phi) is 4.65. The minimum atomic E-state index is -0.844. The molecule has 140 valence electrons. The van der Waals surface area contributed by atoms with Gasteiger partial charge < -0.3 is 5.32 Å². The molecule has 2 heterocycles. The number of hydrogen-bond acceptors (Lipinski definition) is 5. The first-order chi connectivity index (χ1) is 13.1. The maximum atomic E-state index is 12.7. The number of urea groups is 1. The molecule has 27 heavy (non-hydrogen) atoms. The monoisotopic (exact) mass is 384 g/mol. The first-order valence-corrected chi connectivity index (χ1v) is 9.91. The Bertz CT molecular complexity index is 874. The van der Waals surface area contributed by atoms with Gasteiger partial charge in [-0.3, -0.25) is 15.0 Å². The van der Waals surface area contributed by atoms with E-state index in [2.05, 4.69) is 15.7 Å². The molecule has 1 saturated heterocycles. The van der Waals surface area contributed by atoms with Gasteiger partial charge >= 0.3 is 6.03 Å². The number of hydrogen-bond donors (Lipinski definition) is 2. The molecular weight excluding hydrogens is 364 g/mol. The Morgan fingerprint density at radius 3 is 2.67 bits per heavy atom. The summed E-state index contributed by atoms with van der Waals surface area (Å²) in [5.74, 6) is -0.792. The number of benzene rings is 1. The lowest BCUT2D eigenvalue weighted by atomic mass is 9.82. The minimum absolute atomic E-state index is 0.00733. The van der Waals surface area contributed by atoms with Crippen molar-refractivity contribution < 1.29 is 14.4 Å². The smallest absolute Gasteiger partial charge is 0.322 e. The fraction of sp³-hybridized carbons (Fsp3) is 0.368. The summed E-state index contributed by atoms with van der Waals surface area (Å²) in [7, 11) is 0. The summed E-state index contributed by atoms with van der Waals surface area (Å²) in [6.07, 6.45) is 4.11. The summed E-state index contributed by atoms with van der Waals surface area (Å²) in [6.45, 7) is 0. The van der Waals surface area contributed by atoms with Gasteiger partial charge in [-0.2, -0.15) is 5.01 Å². The lowest BCUT2D eigenvalue weighted by Gasteiger charge is -2.30. The number of thiazole rings is 1. The van der Waals surface area contributed by atoms with E-state index in [-0.39, 0.29) is 12.3 Å². The van der Waals surface area contributed by atoms with Crippen LogP contribution in [-0.4, -0.2) is 33.4 Å². The van der Waals surface area contributed by atoms with Crippen LogP contribution >= 0.6 is 11.3 Å². The number of amides is 4. The average Bonchev–Trinajstić information content (AvgIpc) is 3.22. The highest BCUT2D eigenvalue weighted by atomic mass is 32.1. The van der Waals surface area contributed by atoms with Crippen LogP contribution < -0.4 is 10.7 Å². The number of rotatable bonds is 4. The Hall–Kier alpha value is -2.74. The highest BCUT2D eigenvalue weighted by Crippen LogP contribution is 2.33. The fourth-order valence-electron chi connectivity index (χ4n) is 3.65. The Balaban J connectivity index is 1.40. The van der Waals surface area contributed by atoms with Gasteiger partial charge in [0, 0.05) is 10.9 Å². The summed E-state index contributed by atoms with van der Waals surface area (Å²) in [5.41, 5.74) is 3.20. The number of hydrazine groups is 1. The molecule has 8 heteroatoms. The first-order valence-electron chi connectivity index (χ1n) is 9.03. The van der Waals surface area contributed by atoms with Gasteiger partial charge in [0.05, 0.1) is 12.1 Å². The van der Waals surface area contributed by atoms with Gasteiger partial charge in [0.15, 0.2) is 0 Å². The van der Waals surface area contributed by atoms with Crippen molar-refractivity contribution in [3.05, 3.63) is 41.4 Å². The van der Waals surface area contributed by atoms with Gasteiger partial charge in [-0.25, -0.2) is 9.78 Å². The third-order valence-corrected chi connectivity index (χ3v) is 5.96. The molecule has 1 aromatic heterocycles. The molecule has 1 aliphatic heterocycles. The molecule has 4 amide bonds. The molecular formula is C19H20N4O3S. The predicted octanol–water partition coefficient (Wildman–Crippen LogP) is 2.64. The fourth-order valence-corrected chi connectivity index (χ4v) is 4.47. The van der Waals surface area contributed by atoms with Crippen molar-refractivity contribution in [1.82, 2.24) is 20.7 Å². The first kappa shape index (κ1) is 17.7. The van der Waals surface area contributed by atoms with Gasteiger partial charge in [0.2, 0.25) is 5.91 Å². The Morgan fingerprint density at radius 1 is 1.19 bits per heavy atom. The topological polar surface area (TPSA) is 91.4 Å². The second kappa shape index (κ2) is 7.11. The van der Waals surface area contributed by atoms with Crippen LogP contribution in [0.15, 0.2) is 35.7 Å². The molecule has 7 nitrogen and oxygen atoms in total. The minimum Gasteiger partial charge on any atom is -0.322 e. The summed E-state index contributed by atoms with van der Waals surface area (Å²) in [5, 5.41) is 6.25. The van der Waals surface area contributed by atoms with Gasteiger partial charge in [-0.15, -0.1) is 11.3 Å². The average molecular weight is 384 g/mol. The summed E-state index contributed by atoms with van der Waals surface area (Å²) in [6, 6.07) is 9.16. The van der Waals surface area contributed by atoms with E-state index in [1.54, 1.807) is 0 Å². The molecule has 0 atom stereocenters. The zero-order chi connectivity index (χ0) is 18.9. The van der Waals surface area contributed by atoms with Crippen molar-refractivity contribution in [1.29, 1.82) is 0 Å². The number of nitrogens with one attached hydrogen (secondary N) is 2. The standard InChI is InChI=1S/C19H20N4O3S/c24-15(11-14-12-27-16(20-14)13-7-3-1-4-8-13)22-23-17(25)19(21-18(23)26)9-5-2-6-10-19/h1,3-4,7-8,12H,2,5-6,9-11H2,(H,21,26)(H,22,24). The second-order valence-corrected chi connectivity index (χ2v) is 7.79. The third-order valence-electron chi connectivity index (χ3n) is 5.02. The number of carbonyl (C=O) groups excluding carboxylic acids is 3. The summed E-state index contributed by atoms with van der Waals surface area (Å²) < 4.78 is 0. The molecule has 0 radical (unpaired) electrons. The van der Waals surface area contributed by atoms with Gasteiger partial charge in [0.25, 0.3) is 5.91 Å². The zero-order valence-electron chi connectivity index (χ0n) is 14.7. The van der Waals surface area contributed by atoms with Crippen LogP contribution in [0.5, 0.6) is 0 Å². The van der Waals surface area contributed by atoms with Crippen LogP contribution in [0.2, 0.25) is 0 Å². The van der Waals surface area contributed by atoms with E-state index in [1.165, 1.54) is 11.3 Å². The zero-order valence-corrected chi connectivity index (χ0v) is 15.6. The lowest BCUT2D eigenvalue weighted by molar-refractivity contribution is -0.139. The molecule has 0 unspecified atom stereocenters. The molecule has 2 N–H and O–H groups in total. The third kappa shape index (κ3) is 3.44. The molecule has 2 aromatic rings. The molecule has 2 fully saturated rings. The van der Waals surface area contributed by atoms with Crippen molar-refractivity contribution in [2.45, 2.75) is 44.1 Å². The maximum absolute atomic E-state index is 12.7. The lowest BCUT2D eigenvalue weighted by Crippen LogP contribution is -2.51. The normalized spacial score (nSPS) is 18.6. The molecule has 1 spiro atoms.